The summed E-state index contributed by atoms with van der Waals surface area (Å²) >= 11 is 0. The van der Waals surface area contributed by atoms with Gasteiger partial charge >= 0.3 is 0 Å². The SMILES string of the molecule is CNc1cc(Nc2cccc3cnccc23)ccn1. The van der Waals surface area contributed by atoms with E-state index < -0.39 is 0 Å². The Morgan fingerprint density at radius 3 is 2.89 bits per heavy atom. The van der Waals surface area contributed by atoms with Crippen molar-refractivity contribution in [3.8, 4) is 0 Å². The molecular formula is C15H14N4. The van der Waals surface area contributed by atoms with Crippen LogP contribution in [0.5, 0.6) is 0 Å². The lowest BCUT2D eigenvalue weighted by molar-refractivity contribution is 1.28. The first-order valence-electron chi connectivity index (χ1n) is 6.10. The van der Waals surface area contributed by atoms with Gasteiger partial charge in [0.25, 0.3) is 0 Å². The molecule has 2 N–H and O–H groups in total. The zero-order chi connectivity index (χ0) is 13.1. The largest absolute Gasteiger partial charge is 0.373 e. The van der Waals surface area contributed by atoms with Crippen LogP contribution in [-0.4, -0.2) is 17.0 Å². The van der Waals surface area contributed by atoms with E-state index in [0.717, 1.165) is 28.0 Å². The number of anilines is 3. The molecule has 2 aromatic heterocycles. The molecule has 3 aromatic rings. The molecule has 4 nitrogen and oxygen atoms in total. The summed E-state index contributed by atoms with van der Waals surface area (Å²) in [5.74, 6) is 0.840. The summed E-state index contributed by atoms with van der Waals surface area (Å²) < 4.78 is 0. The van der Waals surface area contributed by atoms with E-state index in [-0.39, 0.29) is 0 Å². The second-order valence-corrected chi connectivity index (χ2v) is 4.21. The number of pyridine rings is 2. The highest BCUT2D eigenvalue weighted by molar-refractivity contribution is 5.94. The van der Waals surface area contributed by atoms with E-state index in [4.69, 9.17) is 0 Å². The van der Waals surface area contributed by atoms with Crippen molar-refractivity contribution in [3.05, 3.63) is 55.0 Å². The molecule has 0 fully saturated rings. The van der Waals surface area contributed by atoms with Gasteiger partial charge in [0.05, 0.1) is 0 Å². The third-order valence-electron chi connectivity index (χ3n) is 2.98. The Bertz CT molecular complexity index is 704. The molecule has 2 heterocycles. The van der Waals surface area contributed by atoms with Gasteiger partial charge in [0.2, 0.25) is 0 Å². The molecule has 0 spiro atoms. The van der Waals surface area contributed by atoms with Crippen LogP contribution in [0.2, 0.25) is 0 Å². The topological polar surface area (TPSA) is 49.8 Å². The van der Waals surface area contributed by atoms with Gasteiger partial charge in [-0.2, -0.15) is 0 Å². The third-order valence-corrected chi connectivity index (χ3v) is 2.98. The number of hydrogen-bond acceptors (Lipinski definition) is 4. The summed E-state index contributed by atoms with van der Waals surface area (Å²) in [6, 6.07) is 12.1. The van der Waals surface area contributed by atoms with Gasteiger partial charge in [0, 0.05) is 53.9 Å². The van der Waals surface area contributed by atoms with Gasteiger partial charge in [-0.1, -0.05) is 12.1 Å². The molecule has 1 aromatic carbocycles. The molecule has 0 amide bonds. The molecule has 4 heteroatoms. The van der Waals surface area contributed by atoms with Crippen LogP contribution in [0.15, 0.2) is 55.0 Å². The van der Waals surface area contributed by atoms with E-state index in [0.29, 0.717) is 0 Å². The Morgan fingerprint density at radius 1 is 1.05 bits per heavy atom. The van der Waals surface area contributed by atoms with Crippen LogP contribution in [0.25, 0.3) is 10.8 Å². The summed E-state index contributed by atoms with van der Waals surface area (Å²) in [4.78, 5) is 8.34. The third kappa shape index (κ3) is 2.33. The molecule has 0 radical (unpaired) electrons. The fourth-order valence-corrected chi connectivity index (χ4v) is 2.03. The monoisotopic (exact) mass is 250 g/mol. The number of fused-ring (bicyclic) bond motifs is 1. The van der Waals surface area contributed by atoms with Gasteiger partial charge in [-0.25, -0.2) is 4.98 Å². The Kier molecular flexibility index (Phi) is 2.98. The molecule has 0 aliphatic carbocycles. The van der Waals surface area contributed by atoms with Crippen LogP contribution in [0, 0.1) is 0 Å². The number of benzene rings is 1. The standard InChI is InChI=1S/C15H14N4/c1-16-15-9-12(5-8-18-15)19-14-4-2-3-11-10-17-7-6-13(11)14/h2-10H,1H3,(H2,16,18,19). The summed E-state index contributed by atoms with van der Waals surface area (Å²) in [5.41, 5.74) is 2.07. The highest BCUT2D eigenvalue weighted by Crippen LogP contribution is 2.26. The summed E-state index contributed by atoms with van der Waals surface area (Å²) in [6.45, 7) is 0. The maximum atomic E-state index is 4.20. The summed E-state index contributed by atoms with van der Waals surface area (Å²) in [7, 11) is 1.86. The van der Waals surface area contributed by atoms with Crippen LogP contribution in [0.4, 0.5) is 17.2 Å². The minimum Gasteiger partial charge on any atom is -0.373 e. The Balaban J connectivity index is 2.01. The number of rotatable bonds is 3. The normalized spacial score (nSPS) is 10.4. The quantitative estimate of drug-likeness (QED) is 0.748. The maximum absolute atomic E-state index is 4.20. The van der Waals surface area contributed by atoms with E-state index in [1.165, 1.54) is 0 Å². The fourth-order valence-electron chi connectivity index (χ4n) is 2.03. The molecule has 3 rings (SSSR count). The van der Waals surface area contributed by atoms with Crippen LogP contribution < -0.4 is 10.6 Å². The molecule has 0 bridgehead atoms. The molecule has 0 unspecified atom stereocenters. The number of nitrogens with one attached hydrogen (secondary N) is 2. The van der Waals surface area contributed by atoms with E-state index in [1.807, 2.05) is 37.5 Å². The minimum absolute atomic E-state index is 0.840. The van der Waals surface area contributed by atoms with E-state index in [2.05, 4.69) is 32.7 Å². The Hall–Kier alpha value is -2.62. The summed E-state index contributed by atoms with van der Waals surface area (Å²) in [6.07, 6.45) is 5.45. The van der Waals surface area contributed by atoms with Crippen molar-refractivity contribution in [2.75, 3.05) is 17.7 Å². The first-order valence-corrected chi connectivity index (χ1v) is 6.10. The molecule has 94 valence electrons. The molecule has 19 heavy (non-hydrogen) atoms. The van der Waals surface area contributed by atoms with Crippen LogP contribution in [-0.2, 0) is 0 Å². The molecular weight excluding hydrogens is 236 g/mol. The number of nitrogens with zero attached hydrogens (tertiary/aromatic N) is 2. The zero-order valence-corrected chi connectivity index (χ0v) is 10.6. The molecule has 0 saturated heterocycles. The highest BCUT2D eigenvalue weighted by atomic mass is 15.0. The van der Waals surface area contributed by atoms with Gasteiger partial charge in [-0.3, -0.25) is 4.98 Å². The molecule has 0 aliphatic heterocycles. The van der Waals surface area contributed by atoms with Crippen molar-refractivity contribution in [1.29, 1.82) is 0 Å². The molecule has 0 atom stereocenters. The average molecular weight is 250 g/mol. The predicted octanol–water partition coefficient (Wildman–Crippen LogP) is 3.42. The highest BCUT2D eigenvalue weighted by Gasteiger charge is 2.01. The fraction of sp³-hybridized carbons (Fsp3) is 0.0667. The zero-order valence-electron chi connectivity index (χ0n) is 10.6. The van der Waals surface area contributed by atoms with E-state index in [9.17, 15) is 0 Å². The minimum atomic E-state index is 0.840. The van der Waals surface area contributed by atoms with Gasteiger partial charge in [-0.15, -0.1) is 0 Å². The molecule has 0 aliphatic rings. The number of hydrogen-bond donors (Lipinski definition) is 2. The first-order chi connectivity index (χ1) is 9.36. The van der Waals surface area contributed by atoms with Crippen molar-refractivity contribution in [3.63, 3.8) is 0 Å². The van der Waals surface area contributed by atoms with Crippen LogP contribution in [0.1, 0.15) is 0 Å². The van der Waals surface area contributed by atoms with Crippen LogP contribution >= 0.6 is 0 Å². The lowest BCUT2D eigenvalue weighted by Gasteiger charge is -2.10. The second-order valence-electron chi connectivity index (χ2n) is 4.21. The lowest BCUT2D eigenvalue weighted by atomic mass is 10.1. The number of aromatic nitrogens is 2. The van der Waals surface area contributed by atoms with Gasteiger partial charge in [-0.05, 0) is 18.2 Å². The second kappa shape index (κ2) is 4.94. The van der Waals surface area contributed by atoms with Gasteiger partial charge in [0.1, 0.15) is 5.82 Å². The van der Waals surface area contributed by atoms with Crippen molar-refractivity contribution >= 4 is 28.0 Å². The van der Waals surface area contributed by atoms with Gasteiger partial charge in [0.15, 0.2) is 0 Å². The van der Waals surface area contributed by atoms with Crippen molar-refractivity contribution < 1.29 is 0 Å². The Morgan fingerprint density at radius 2 is 2.00 bits per heavy atom. The van der Waals surface area contributed by atoms with Crippen molar-refractivity contribution in [1.82, 2.24) is 9.97 Å². The van der Waals surface area contributed by atoms with Gasteiger partial charge < -0.3 is 10.6 Å². The van der Waals surface area contributed by atoms with E-state index >= 15 is 0 Å². The van der Waals surface area contributed by atoms with Crippen molar-refractivity contribution in [2.24, 2.45) is 0 Å². The smallest absolute Gasteiger partial charge is 0.127 e. The van der Waals surface area contributed by atoms with Crippen molar-refractivity contribution in [2.45, 2.75) is 0 Å². The first kappa shape index (κ1) is 11.5. The van der Waals surface area contributed by atoms with Crippen LogP contribution in [0.3, 0.4) is 0 Å². The summed E-state index contributed by atoms with van der Waals surface area (Å²) in [5, 5.41) is 8.72. The lowest BCUT2D eigenvalue weighted by Crippen LogP contribution is -1.95. The maximum Gasteiger partial charge on any atom is 0.127 e. The predicted molar refractivity (Wildman–Crippen MR) is 78.8 cm³/mol. The molecule has 0 saturated carbocycles. The Labute approximate surface area is 111 Å². The average Bonchev–Trinajstić information content (AvgIpc) is 2.48. The van der Waals surface area contributed by atoms with E-state index in [1.54, 1.807) is 12.4 Å².